The number of hydrogen-bond acceptors (Lipinski definition) is 4. The summed E-state index contributed by atoms with van der Waals surface area (Å²) in [5.41, 5.74) is 0.587. The van der Waals surface area contributed by atoms with E-state index in [-0.39, 0.29) is 23.8 Å². The fourth-order valence-corrected chi connectivity index (χ4v) is 6.17. The lowest BCUT2D eigenvalue weighted by atomic mass is 9.79. The third-order valence-corrected chi connectivity index (χ3v) is 8.13. The zero-order valence-corrected chi connectivity index (χ0v) is 25.3. The maximum atomic E-state index is 12.7. The van der Waals surface area contributed by atoms with E-state index >= 15 is 0 Å². The number of esters is 2. The van der Waals surface area contributed by atoms with Crippen LogP contribution in [-0.2, 0) is 19.1 Å². The van der Waals surface area contributed by atoms with Crippen LogP contribution in [-0.4, -0.2) is 25.2 Å². The Kier molecular flexibility index (Phi) is 15.3. The molecule has 0 aromatic carbocycles. The van der Waals surface area contributed by atoms with E-state index in [1.165, 1.54) is 51.4 Å². The van der Waals surface area contributed by atoms with Crippen molar-refractivity contribution >= 4 is 11.9 Å². The van der Waals surface area contributed by atoms with Gasteiger partial charge in [0.05, 0.1) is 25.0 Å². The van der Waals surface area contributed by atoms with Crippen LogP contribution in [0.15, 0.2) is 0 Å². The predicted molar refractivity (Wildman–Crippen MR) is 151 cm³/mol. The smallest absolute Gasteiger partial charge is 0.308 e. The van der Waals surface area contributed by atoms with Crippen LogP contribution < -0.4 is 0 Å². The third kappa shape index (κ3) is 14.0. The maximum absolute atomic E-state index is 12.7. The van der Waals surface area contributed by atoms with Crippen LogP contribution in [0.4, 0.5) is 0 Å². The summed E-state index contributed by atoms with van der Waals surface area (Å²) in [4.78, 5) is 25.3. The van der Waals surface area contributed by atoms with Gasteiger partial charge in [0.1, 0.15) is 0 Å². The molecule has 1 aliphatic carbocycles. The molecule has 0 bridgehead atoms. The molecule has 1 aliphatic rings. The Morgan fingerprint density at radius 2 is 1.00 bits per heavy atom. The first kappa shape index (κ1) is 33.0. The monoisotopic (exact) mass is 508 g/mol. The van der Waals surface area contributed by atoms with Crippen molar-refractivity contribution in [3.05, 3.63) is 0 Å². The second-order valence-corrected chi connectivity index (χ2v) is 13.7. The van der Waals surface area contributed by atoms with Gasteiger partial charge in [-0.05, 0) is 74.0 Å². The van der Waals surface area contributed by atoms with Gasteiger partial charge >= 0.3 is 11.9 Å². The predicted octanol–water partition coefficient (Wildman–Crippen LogP) is 9.14. The van der Waals surface area contributed by atoms with Crippen molar-refractivity contribution in [1.82, 2.24) is 0 Å². The minimum Gasteiger partial charge on any atom is -0.465 e. The SMILES string of the molecule is CCCCCC(C)(C)CC(C)COC(=O)C1CCC(C(=O)OCC(C)CC(C)(C)CCCCC)CC1. The number of carbonyl (C=O) groups excluding carboxylic acids is 2. The first-order valence-electron chi connectivity index (χ1n) is 15.2. The number of unbranched alkanes of at least 4 members (excludes halogenated alkanes) is 4. The fourth-order valence-electron chi connectivity index (χ4n) is 6.17. The zero-order chi connectivity index (χ0) is 27.2. The Morgan fingerprint density at radius 3 is 1.31 bits per heavy atom. The highest BCUT2D eigenvalue weighted by Gasteiger charge is 2.32. The van der Waals surface area contributed by atoms with Crippen LogP contribution in [0.2, 0.25) is 0 Å². The number of ether oxygens (including phenoxy) is 2. The quantitative estimate of drug-likeness (QED) is 0.137. The highest BCUT2D eigenvalue weighted by molar-refractivity contribution is 5.75. The van der Waals surface area contributed by atoms with Crippen molar-refractivity contribution in [2.24, 2.45) is 34.5 Å². The molecule has 0 N–H and O–H groups in total. The van der Waals surface area contributed by atoms with E-state index in [1.54, 1.807) is 0 Å². The molecule has 2 atom stereocenters. The largest absolute Gasteiger partial charge is 0.465 e. The van der Waals surface area contributed by atoms with Crippen molar-refractivity contribution in [1.29, 1.82) is 0 Å². The molecule has 2 unspecified atom stereocenters. The second kappa shape index (κ2) is 16.7. The molecule has 1 rings (SSSR count). The standard InChI is InChI=1S/C32H60O4/c1-9-11-13-19-31(5,6)21-25(3)23-35-29(33)27-15-17-28(18-16-27)30(34)36-24-26(4)22-32(7,8)20-14-12-10-2/h25-28H,9-24H2,1-8H3. The van der Waals surface area contributed by atoms with Crippen LogP contribution in [0.3, 0.4) is 0 Å². The van der Waals surface area contributed by atoms with Crippen molar-refractivity contribution in [2.75, 3.05) is 13.2 Å². The van der Waals surface area contributed by atoms with E-state index < -0.39 is 0 Å². The van der Waals surface area contributed by atoms with Crippen molar-refractivity contribution in [3.63, 3.8) is 0 Å². The van der Waals surface area contributed by atoms with Gasteiger partial charge in [0.15, 0.2) is 0 Å². The van der Waals surface area contributed by atoms with E-state index in [4.69, 9.17) is 9.47 Å². The summed E-state index contributed by atoms with van der Waals surface area (Å²) < 4.78 is 11.4. The van der Waals surface area contributed by atoms with Gasteiger partial charge in [-0.1, -0.05) is 93.9 Å². The van der Waals surface area contributed by atoms with Crippen LogP contribution in [0.5, 0.6) is 0 Å². The number of carbonyl (C=O) groups is 2. The molecule has 0 radical (unpaired) electrons. The molecule has 0 aromatic rings. The highest BCUT2D eigenvalue weighted by Crippen LogP contribution is 2.34. The zero-order valence-electron chi connectivity index (χ0n) is 25.3. The van der Waals surface area contributed by atoms with E-state index in [1.807, 2.05) is 0 Å². The van der Waals surface area contributed by atoms with Crippen molar-refractivity contribution in [2.45, 2.75) is 145 Å². The van der Waals surface area contributed by atoms with Crippen LogP contribution in [0.25, 0.3) is 0 Å². The summed E-state index contributed by atoms with van der Waals surface area (Å²) in [6, 6.07) is 0. The van der Waals surface area contributed by atoms with Gasteiger partial charge in [-0.15, -0.1) is 0 Å². The van der Waals surface area contributed by atoms with Crippen molar-refractivity contribution in [3.8, 4) is 0 Å². The Labute approximate surface area is 224 Å². The summed E-state index contributed by atoms with van der Waals surface area (Å²) in [5, 5.41) is 0. The molecule has 212 valence electrons. The molecule has 0 saturated heterocycles. The molecule has 1 fully saturated rings. The fraction of sp³-hybridized carbons (Fsp3) is 0.938. The van der Waals surface area contributed by atoms with Gasteiger partial charge in [0, 0.05) is 0 Å². The highest BCUT2D eigenvalue weighted by atomic mass is 16.5. The Hall–Kier alpha value is -1.06. The van der Waals surface area contributed by atoms with Crippen LogP contribution >= 0.6 is 0 Å². The lowest BCUT2D eigenvalue weighted by molar-refractivity contribution is -0.156. The third-order valence-electron chi connectivity index (χ3n) is 8.13. The minimum atomic E-state index is -0.0728. The summed E-state index contributed by atoms with van der Waals surface area (Å²) in [6.45, 7) is 19.2. The van der Waals surface area contributed by atoms with Gasteiger partial charge in [0.2, 0.25) is 0 Å². The van der Waals surface area contributed by atoms with Gasteiger partial charge in [-0.2, -0.15) is 0 Å². The molecule has 1 saturated carbocycles. The number of rotatable bonds is 18. The summed E-state index contributed by atoms with van der Waals surface area (Å²) >= 11 is 0. The summed E-state index contributed by atoms with van der Waals surface area (Å²) in [5.74, 6) is 0.460. The molecule has 0 aliphatic heterocycles. The molecule has 0 spiro atoms. The second-order valence-electron chi connectivity index (χ2n) is 13.7. The molecular weight excluding hydrogens is 448 g/mol. The lowest BCUT2D eigenvalue weighted by Gasteiger charge is -2.30. The first-order valence-corrected chi connectivity index (χ1v) is 15.2. The van der Waals surface area contributed by atoms with E-state index in [2.05, 4.69) is 55.4 Å². The minimum absolute atomic E-state index is 0.0679. The molecular formula is C32H60O4. The molecule has 4 nitrogen and oxygen atoms in total. The topological polar surface area (TPSA) is 52.6 Å². The van der Waals surface area contributed by atoms with Gasteiger partial charge in [0.25, 0.3) is 0 Å². The lowest BCUT2D eigenvalue weighted by Crippen LogP contribution is -2.30. The maximum Gasteiger partial charge on any atom is 0.308 e. The summed E-state index contributed by atoms with van der Waals surface area (Å²) in [7, 11) is 0. The molecule has 0 aromatic heterocycles. The molecule has 0 heterocycles. The van der Waals surface area contributed by atoms with Crippen molar-refractivity contribution < 1.29 is 19.1 Å². The number of hydrogen-bond donors (Lipinski definition) is 0. The Morgan fingerprint density at radius 1 is 0.667 bits per heavy atom. The van der Waals surface area contributed by atoms with Crippen LogP contribution in [0, 0.1) is 34.5 Å². The average molecular weight is 509 g/mol. The normalized spacial score (nSPS) is 20.6. The van der Waals surface area contributed by atoms with E-state index in [9.17, 15) is 9.59 Å². The summed E-state index contributed by atoms with van der Waals surface area (Å²) in [6.07, 6.45) is 15.2. The van der Waals surface area contributed by atoms with Gasteiger partial charge in [-0.3, -0.25) is 9.59 Å². The molecule has 0 amide bonds. The molecule has 36 heavy (non-hydrogen) atoms. The van der Waals surface area contributed by atoms with Gasteiger partial charge in [-0.25, -0.2) is 0 Å². The Balaban J connectivity index is 2.30. The van der Waals surface area contributed by atoms with E-state index in [0.29, 0.717) is 35.9 Å². The average Bonchev–Trinajstić information content (AvgIpc) is 2.80. The Bertz CT molecular complexity index is 562. The van der Waals surface area contributed by atoms with Crippen LogP contribution in [0.1, 0.15) is 145 Å². The first-order chi connectivity index (χ1) is 16.9. The van der Waals surface area contributed by atoms with E-state index in [0.717, 1.165) is 38.5 Å². The molecule has 4 heteroatoms. The van der Waals surface area contributed by atoms with Gasteiger partial charge < -0.3 is 9.47 Å².